The highest BCUT2D eigenvalue weighted by atomic mass is 35.5. The number of hydrogen-bond acceptors (Lipinski definition) is 3. The summed E-state index contributed by atoms with van der Waals surface area (Å²) >= 11 is 6.02. The lowest BCUT2D eigenvalue weighted by Crippen LogP contribution is -2.15. The van der Waals surface area contributed by atoms with Crippen molar-refractivity contribution in [3.05, 3.63) is 94.8 Å². The fourth-order valence-corrected chi connectivity index (χ4v) is 3.14. The van der Waals surface area contributed by atoms with E-state index in [9.17, 15) is 4.79 Å². The van der Waals surface area contributed by atoms with Gasteiger partial charge in [0.25, 0.3) is 5.91 Å². The summed E-state index contributed by atoms with van der Waals surface area (Å²) in [6, 6.07) is 22.7. The average molecular weight is 403 g/mol. The molecule has 0 aliphatic heterocycles. The molecule has 0 saturated carbocycles. The molecule has 4 rings (SSSR count). The second kappa shape index (κ2) is 7.89. The van der Waals surface area contributed by atoms with Gasteiger partial charge >= 0.3 is 0 Å². The molecule has 0 aliphatic rings. The molecule has 1 aromatic heterocycles. The van der Waals surface area contributed by atoms with Crippen LogP contribution in [0.5, 0.6) is 0 Å². The molecule has 0 atom stereocenters. The summed E-state index contributed by atoms with van der Waals surface area (Å²) in [5, 5.41) is 8.03. The minimum atomic E-state index is -0.358. The van der Waals surface area contributed by atoms with Gasteiger partial charge in [-0.2, -0.15) is 0 Å². The summed E-state index contributed by atoms with van der Waals surface area (Å²) in [7, 11) is 0. The Morgan fingerprint density at radius 3 is 2.38 bits per heavy atom. The van der Waals surface area contributed by atoms with E-state index in [0.717, 1.165) is 28.1 Å². The number of benzene rings is 3. The van der Waals surface area contributed by atoms with Crippen LogP contribution < -0.4 is 5.32 Å². The molecular weight excluding hydrogens is 384 g/mol. The molecule has 0 spiro atoms. The van der Waals surface area contributed by atoms with Crippen LogP contribution in [0, 0.1) is 13.8 Å². The molecule has 0 aliphatic carbocycles. The van der Waals surface area contributed by atoms with Gasteiger partial charge in [-0.3, -0.25) is 4.79 Å². The van der Waals surface area contributed by atoms with Crippen LogP contribution in [0.15, 0.2) is 72.8 Å². The molecule has 29 heavy (non-hydrogen) atoms. The van der Waals surface area contributed by atoms with Crippen LogP contribution in [0.2, 0.25) is 5.02 Å². The lowest BCUT2D eigenvalue weighted by Gasteiger charge is -2.08. The molecule has 0 bridgehead atoms. The Morgan fingerprint density at radius 1 is 0.931 bits per heavy atom. The van der Waals surface area contributed by atoms with Crippen molar-refractivity contribution in [3.8, 4) is 17.1 Å². The van der Waals surface area contributed by atoms with Crippen molar-refractivity contribution in [3.63, 3.8) is 0 Å². The van der Waals surface area contributed by atoms with E-state index in [-0.39, 0.29) is 11.7 Å². The number of rotatable bonds is 4. The number of carbonyl (C=O) groups excluding carboxylic acids is 1. The van der Waals surface area contributed by atoms with Crippen LogP contribution in [-0.4, -0.2) is 20.7 Å². The summed E-state index contributed by atoms with van der Waals surface area (Å²) in [6.45, 7) is 3.98. The highest BCUT2D eigenvalue weighted by Crippen LogP contribution is 2.23. The number of hydrogen-bond donors (Lipinski definition) is 1. The molecule has 0 unspecified atom stereocenters. The smallest absolute Gasteiger partial charge is 0.295 e. The minimum absolute atomic E-state index is 0.0970. The highest BCUT2D eigenvalue weighted by molar-refractivity contribution is 6.30. The number of aryl methyl sites for hydroxylation is 1. The topological polar surface area (TPSA) is 59.8 Å². The van der Waals surface area contributed by atoms with Crippen molar-refractivity contribution < 1.29 is 4.79 Å². The van der Waals surface area contributed by atoms with Gasteiger partial charge in [0, 0.05) is 16.3 Å². The first-order chi connectivity index (χ1) is 14.0. The molecule has 4 aromatic rings. The zero-order valence-corrected chi connectivity index (χ0v) is 16.8. The van der Waals surface area contributed by atoms with Crippen molar-refractivity contribution in [2.45, 2.75) is 13.8 Å². The maximum absolute atomic E-state index is 12.9. The van der Waals surface area contributed by atoms with Gasteiger partial charge in [-0.25, -0.2) is 9.67 Å². The molecular formula is C23H19ClN4O. The van der Waals surface area contributed by atoms with Crippen LogP contribution in [0.1, 0.15) is 21.7 Å². The number of amides is 1. The zero-order chi connectivity index (χ0) is 20.4. The van der Waals surface area contributed by atoms with Gasteiger partial charge < -0.3 is 5.32 Å². The molecule has 6 heteroatoms. The van der Waals surface area contributed by atoms with E-state index < -0.39 is 0 Å². The van der Waals surface area contributed by atoms with Crippen molar-refractivity contribution >= 4 is 23.2 Å². The molecule has 0 fully saturated rings. The Kier molecular flexibility index (Phi) is 5.14. The normalized spacial score (nSPS) is 10.7. The first-order valence-corrected chi connectivity index (χ1v) is 9.57. The van der Waals surface area contributed by atoms with E-state index >= 15 is 0 Å². The van der Waals surface area contributed by atoms with Crippen LogP contribution in [0.25, 0.3) is 17.1 Å². The van der Waals surface area contributed by atoms with Crippen LogP contribution in [-0.2, 0) is 0 Å². The van der Waals surface area contributed by atoms with Gasteiger partial charge in [0.1, 0.15) is 0 Å². The maximum Gasteiger partial charge on any atom is 0.295 e. The molecule has 3 aromatic carbocycles. The predicted molar refractivity (Wildman–Crippen MR) is 116 cm³/mol. The van der Waals surface area contributed by atoms with E-state index in [1.807, 2.05) is 74.5 Å². The van der Waals surface area contributed by atoms with E-state index in [4.69, 9.17) is 11.6 Å². The SMILES string of the molecule is Cc1cccc(NC(=O)c2nc(-c3ccccc3)n(-c3ccc(Cl)cc3)n2)c1C. The third-order valence-electron chi connectivity index (χ3n) is 4.77. The van der Waals surface area contributed by atoms with Crippen molar-refractivity contribution in [1.82, 2.24) is 14.8 Å². The fourth-order valence-electron chi connectivity index (χ4n) is 3.01. The average Bonchev–Trinajstić information content (AvgIpc) is 3.18. The van der Waals surface area contributed by atoms with Gasteiger partial charge in [0.15, 0.2) is 5.82 Å². The number of nitrogens with zero attached hydrogens (tertiary/aromatic N) is 3. The third kappa shape index (κ3) is 3.91. The second-order valence-electron chi connectivity index (χ2n) is 6.71. The number of anilines is 1. The molecule has 0 radical (unpaired) electrons. The zero-order valence-electron chi connectivity index (χ0n) is 16.1. The maximum atomic E-state index is 12.9. The quantitative estimate of drug-likeness (QED) is 0.493. The van der Waals surface area contributed by atoms with Crippen LogP contribution in [0.4, 0.5) is 5.69 Å². The Bertz CT molecular complexity index is 1170. The standard InChI is InChI=1S/C23H19ClN4O/c1-15-7-6-10-20(16(15)2)25-23(29)21-26-22(17-8-4-3-5-9-17)28(27-21)19-13-11-18(24)12-14-19/h3-14H,1-2H3,(H,25,29). The fraction of sp³-hybridized carbons (Fsp3) is 0.0870. The lowest BCUT2D eigenvalue weighted by atomic mass is 10.1. The van der Waals surface area contributed by atoms with Gasteiger partial charge in [-0.1, -0.05) is 54.1 Å². The molecule has 144 valence electrons. The largest absolute Gasteiger partial charge is 0.319 e. The summed E-state index contributed by atoms with van der Waals surface area (Å²) in [6.07, 6.45) is 0. The van der Waals surface area contributed by atoms with Gasteiger partial charge in [-0.05, 0) is 55.3 Å². The monoisotopic (exact) mass is 402 g/mol. The summed E-state index contributed by atoms with van der Waals surface area (Å²) < 4.78 is 1.66. The van der Waals surface area contributed by atoms with Crippen LogP contribution in [0.3, 0.4) is 0 Å². The summed E-state index contributed by atoms with van der Waals surface area (Å²) in [5.41, 5.74) is 4.50. The van der Waals surface area contributed by atoms with Crippen molar-refractivity contribution in [2.24, 2.45) is 0 Å². The lowest BCUT2D eigenvalue weighted by molar-refractivity contribution is 0.101. The molecule has 1 N–H and O–H groups in total. The van der Waals surface area contributed by atoms with Gasteiger partial charge in [-0.15, -0.1) is 5.10 Å². The first kappa shape index (κ1) is 18.9. The van der Waals surface area contributed by atoms with Gasteiger partial charge in [0.2, 0.25) is 5.82 Å². The number of halogens is 1. The molecule has 5 nitrogen and oxygen atoms in total. The highest BCUT2D eigenvalue weighted by Gasteiger charge is 2.19. The number of nitrogens with one attached hydrogen (secondary N) is 1. The summed E-state index contributed by atoms with van der Waals surface area (Å²) in [5.74, 6) is 0.322. The number of aromatic nitrogens is 3. The van der Waals surface area contributed by atoms with Gasteiger partial charge in [0.05, 0.1) is 5.69 Å². The number of carbonyl (C=O) groups is 1. The van der Waals surface area contributed by atoms with Crippen molar-refractivity contribution in [1.29, 1.82) is 0 Å². The molecule has 0 saturated heterocycles. The third-order valence-corrected chi connectivity index (χ3v) is 5.02. The summed E-state index contributed by atoms with van der Waals surface area (Å²) in [4.78, 5) is 17.4. The predicted octanol–water partition coefficient (Wildman–Crippen LogP) is 5.46. The Hall–Kier alpha value is -3.44. The van der Waals surface area contributed by atoms with Crippen molar-refractivity contribution in [2.75, 3.05) is 5.32 Å². The second-order valence-corrected chi connectivity index (χ2v) is 7.15. The molecule has 1 heterocycles. The first-order valence-electron chi connectivity index (χ1n) is 9.19. The Morgan fingerprint density at radius 2 is 1.66 bits per heavy atom. The van der Waals surface area contributed by atoms with E-state index in [1.165, 1.54) is 0 Å². The Balaban J connectivity index is 1.75. The van der Waals surface area contributed by atoms with E-state index in [1.54, 1.807) is 16.8 Å². The van der Waals surface area contributed by atoms with E-state index in [2.05, 4.69) is 15.4 Å². The molecule has 1 amide bonds. The Labute approximate surface area is 174 Å². The minimum Gasteiger partial charge on any atom is -0.319 e. The van der Waals surface area contributed by atoms with E-state index in [0.29, 0.717) is 10.8 Å². The van der Waals surface area contributed by atoms with Crippen LogP contribution >= 0.6 is 11.6 Å².